The lowest BCUT2D eigenvalue weighted by Gasteiger charge is -2.28. The Hall–Kier alpha value is -0.580. The fraction of sp³-hybridized carbons (Fsp3) is 0.538. The summed E-state index contributed by atoms with van der Waals surface area (Å²) in [5, 5.41) is 3.35. The molecule has 0 aliphatic carbocycles. The van der Waals surface area contributed by atoms with E-state index in [2.05, 4.69) is 41.2 Å². The van der Waals surface area contributed by atoms with Crippen molar-refractivity contribution in [3.05, 3.63) is 27.2 Å². The Bertz CT molecular complexity index is 414. The van der Waals surface area contributed by atoms with Gasteiger partial charge in [0, 0.05) is 23.1 Å². The maximum Gasteiger partial charge on any atom is 0.127 e. The number of methoxy groups -OCH3 is 1. The van der Waals surface area contributed by atoms with Crippen molar-refractivity contribution < 1.29 is 9.47 Å². The summed E-state index contributed by atoms with van der Waals surface area (Å²) in [5.74, 6) is 0.944. The number of hydrogen-bond acceptors (Lipinski definition) is 3. The maximum absolute atomic E-state index is 5.83. The smallest absolute Gasteiger partial charge is 0.127 e. The van der Waals surface area contributed by atoms with Crippen molar-refractivity contribution >= 4 is 15.9 Å². The van der Waals surface area contributed by atoms with Crippen molar-refractivity contribution in [3.8, 4) is 5.75 Å². The molecular weight excluding hydrogens is 282 g/mol. The van der Waals surface area contributed by atoms with Crippen molar-refractivity contribution in [3.63, 3.8) is 0 Å². The van der Waals surface area contributed by atoms with Gasteiger partial charge >= 0.3 is 0 Å². The second-order valence-corrected chi connectivity index (χ2v) is 5.17. The molecule has 1 unspecified atom stereocenters. The first-order valence-electron chi connectivity index (χ1n) is 5.81. The van der Waals surface area contributed by atoms with E-state index in [1.165, 1.54) is 5.56 Å². The zero-order valence-corrected chi connectivity index (χ0v) is 12.1. The largest absolute Gasteiger partial charge is 0.496 e. The third-order valence-corrected chi connectivity index (χ3v) is 3.99. The molecule has 1 heterocycles. The van der Waals surface area contributed by atoms with Gasteiger partial charge in [0.1, 0.15) is 5.75 Å². The van der Waals surface area contributed by atoms with E-state index in [1.54, 1.807) is 7.11 Å². The summed E-state index contributed by atoms with van der Waals surface area (Å²) in [6, 6.07) is 2.09. The number of halogens is 1. The van der Waals surface area contributed by atoms with Crippen LogP contribution in [0.3, 0.4) is 0 Å². The van der Waals surface area contributed by atoms with Crippen LogP contribution in [0.1, 0.15) is 22.8 Å². The average molecular weight is 300 g/mol. The molecule has 94 valence electrons. The predicted octanol–water partition coefficient (Wildman–Crippen LogP) is 2.74. The summed E-state index contributed by atoms with van der Waals surface area (Å²) < 4.78 is 12.5. The molecular formula is C13H18BrNO2. The van der Waals surface area contributed by atoms with E-state index in [0.29, 0.717) is 0 Å². The van der Waals surface area contributed by atoms with Gasteiger partial charge in [-0.1, -0.05) is 15.9 Å². The van der Waals surface area contributed by atoms with E-state index in [4.69, 9.17) is 9.47 Å². The second kappa shape index (κ2) is 5.38. The van der Waals surface area contributed by atoms with E-state index < -0.39 is 0 Å². The Kier molecular flexibility index (Phi) is 4.07. The highest BCUT2D eigenvalue weighted by Gasteiger charge is 2.24. The van der Waals surface area contributed by atoms with Gasteiger partial charge in [0.2, 0.25) is 0 Å². The quantitative estimate of drug-likeness (QED) is 0.911. The van der Waals surface area contributed by atoms with Crippen molar-refractivity contribution in [2.75, 3.05) is 26.8 Å². The van der Waals surface area contributed by atoms with Gasteiger partial charge in [-0.05, 0) is 31.0 Å². The third-order valence-electron chi connectivity index (χ3n) is 3.16. The van der Waals surface area contributed by atoms with Gasteiger partial charge in [0.15, 0.2) is 0 Å². The minimum absolute atomic E-state index is 0.0786. The Balaban J connectivity index is 2.48. The van der Waals surface area contributed by atoms with Crippen molar-refractivity contribution in [1.82, 2.24) is 5.32 Å². The van der Waals surface area contributed by atoms with Crippen LogP contribution in [0.5, 0.6) is 5.75 Å². The van der Waals surface area contributed by atoms with E-state index in [1.807, 2.05) is 0 Å². The first-order chi connectivity index (χ1) is 8.15. The number of rotatable bonds is 2. The van der Waals surface area contributed by atoms with Gasteiger partial charge in [-0.25, -0.2) is 0 Å². The Morgan fingerprint density at radius 1 is 1.47 bits per heavy atom. The molecule has 0 spiro atoms. The fourth-order valence-corrected chi connectivity index (χ4v) is 2.84. The highest BCUT2D eigenvalue weighted by atomic mass is 79.9. The number of benzene rings is 1. The molecule has 1 aromatic carbocycles. The van der Waals surface area contributed by atoms with Gasteiger partial charge in [0.25, 0.3) is 0 Å². The van der Waals surface area contributed by atoms with Gasteiger partial charge in [-0.2, -0.15) is 0 Å². The van der Waals surface area contributed by atoms with E-state index >= 15 is 0 Å². The molecule has 1 saturated heterocycles. The van der Waals surface area contributed by atoms with Crippen molar-refractivity contribution in [2.24, 2.45) is 0 Å². The number of aryl methyl sites for hydroxylation is 1. The number of ether oxygens (including phenoxy) is 2. The van der Waals surface area contributed by atoms with Gasteiger partial charge < -0.3 is 14.8 Å². The third kappa shape index (κ3) is 2.49. The molecule has 1 N–H and O–H groups in total. The molecule has 1 aliphatic rings. The van der Waals surface area contributed by atoms with Crippen LogP contribution in [0, 0.1) is 13.8 Å². The molecule has 0 radical (unpaired) electrons. The lowest BCUT2D eigenvalue weighted by molar-refractivity contribution is 0.0258. The lowest BCUT2D eigenvalue weighted by atomic mass is 9.98. The lowest BCUT2D eigenvalue weighted by Crippen LogP contribution is -2.34. The minimum atomic E-state index is 0.0786. The monoisotopic (exact) mass is 299 g/mol. The van der Waals surface area contributed by atoms with Crippen LogP contribution in [0.2, 0.25) is 0 Å². The molecule has 1 aromatic rings. The first kappa shape index (κ1) is 12.9. The van der Waals surface area contributed by atoms with E-state index in [-0.39, 0.29) is 6.10 Å². The topological polar surface area (TPSA) is 30.5 Å². The Morgan fingerprint density at radius 3 is 2.82 bits per heavy atom. The van der Waals surface area contributed by atoms with Crippen LogP contribution in [-0.2, 0) is 4.74 Å². The van der Waals surface area contributed by atoms with E-state index in [0.717, 1.165) is 41.0 Å². The average Bonchev–Trinajstić information content (AvgIpc) is 2.34. The highest BCUT2D eigenvalue weighted by molar-refractivity contribution is 9.10. The molecule has 1 aliphatic heterocycles. The van der Waals surface area contributed by atoms with Crippen LogP contribution in [0.4, 0.5) is 0 Å². The summed E-state index contributed by atoms with van der Waals surface area (Å²) >= 11 is 3.60. The molecule has 3 nitrogen and oxygen atoms in total. The Morgan fingerprint density at radius 2 is 2.24 bits per heavy atom. The first-order valence-corrected chi connectivity index (χ1v) is 6.60. The second-order valence-electron chi connectivity index (χ2n) is 4.31. The number of hydrogen-bond donors (Lipinski definition) is 1. The summed E-state index contributed by atoms with van der Waals surface area (Å²) in [7, 11) is 1.72. The minimum Gasteiger partial charge on any atom is -0.496 e. The summed E-state index contributed by atoms with van der Waals surface area (Å²) in [4.78, 5) is 0. The molecule has 0 amide bonds. The molecule has 1 fully saturated rings. The Labute approximate surface area is 111 Å². The molecule has 0 aromatic heterocycles. The predicted molar refractivity (Wildman–Crippen MR) is 71.7 cm³/mol. The molecule has 17 heavy (non-hydrogen) atoms. The number of nitrogens with one attached hydrogen (secondary N) is 1. The van der Waals surface area contributed by atoms with Crippen LogP contribution in [0.25, 0.3) is 0 Å². The van der Waals surface area contributed by atoms with E-state index in [9.17, 15) is 0 Å². The van der Waals surface area contributed by atoms with Crippen LogP contribution in [0.15, 0.2) is 10.5 Å². The standard InChI is InChI=1S/C13H18BrNO2/c1-8-6-10(14)9(2)12(13(8)16-3)11-7-15-4-5-17-11/h6,11,15H,4-5,7H2,1-3H3. The molecule has 0 bridgehead atoms. The summed E-state index contributed by atoms with van der Waals surface area (Å²) in [6.45, 7) is 6.67. The van der Waals surface area contributed by atoms with Crippen molar-refractivity contribution in [1.29, 1.82) is 0 Å². The van der Waals surface area contributed by atoms with Crippen LogP contribution in [-0.4, -0.2) is 26.8 Å². The van der Waals surface area contributed by atoms with Gasteiger partial charge in [-0.15, -0.1) is 0 Å². The summed E-state index contributed by atoms with van der Waals surface area (Å²) in [5.41, 5.74) is 3.49. The summed E-state index contributed by atoms with van der Waals surface area (Å²) in [6.07, 6.45) is 0.0786. The highest BCUT2D eigenvalue weighted by Crippen LogP contribution is 2.37. The molecule has 1 atom stereocenters. The molecule has 4 heteroatoms. The number of morpholine rings is 1. The fourth-order valence-electron chi connectivity index (χ4n) is 2.28. The zero-order chi connectivity index (χ0) is 12.4. The maximum atomic E-state index is 5.83. The normalized spacial score (nSPS) is 20.4. The van der Waals surface area contributed by atoms with Gasteiger partial charge in [0.05, 0.1) is 19.8 Å². The molecule has 2 rings (SSSR count). The van der Waals surface area contributed by atoms with Crippen LogP contribution < -0.4 is 10.1 Å². The van der Waals surface area contributed by atoms with Crippen LogP contribution >= 0.6 is 15.9 Å². The molecule has 0 saturated carbocycles. The SMILES string of the molecule is COc1c(C)cc(Br)c(C)c1C1CNCCO1. The zero-order valence-electron chi connectivity index (χ0n) is 10.5. The van der Waals surface area contributed by atoms with Gasteiger partial charge in [-0.3, -0.25) is 0 Å². The van der Waals surface area contributed by atoms with Crippen molar-refractivity contribution in [2.45, 2.75) is 20.0 Å².